The third kappa shape index (κ3) is 1.52. The second-order valence-corrected chi connectivity index (χ2v) is 4.06. The molecule has 0 unspecified atom stereocenters. The van der Waals surface area contributed by atoms with Crippen LogP contribution in [0, 0.1) is 0 Å². The lowest BCUT2D eigenvalue weighted by Gasteiger charge is -2.31. The zero-order valence-electron chi connectivity index (χ0n) is 8.66. The second-order valence-electron chi connectivity index (χ2n) is 4.06. The largest absolute Gasteiger partial charge is 0.336 e. The van der Waals surface area contributed by atoms with Crippen molar-refractivity contribution in [1.82, 2.24) is 4.90 Å². The maximum Gasteiger partial charge on any atom is 0.227 e. The van der Waals surface area contributed by atoms with E-state index in [9.17, 15) is 4.79 Å². The van der Waals surface area contributed by atoms with E-state index >= 15 is 0 Å². The molecule has 0 N–H and O–H groups in total. The van der Waals surface area contributed by atoms with Gasteiger partial charge in [-0.15, -0.1) is 0 Å². The van der Waals surface area contributed by atoms with Crippen LogP contribution >= 0.6 is 0 Å². The van der Waals surface area contributed by atoms with E-state index in [1.165, 1.54) is 11.1 Å². The minimum absolute atomic E-state index is 0.249. The van der Waals surface area contributed by atoms with E-state index < -0.39 is 0 Å². The Morgan fingerprint density at radius 2 is 1.86 bits per heavy atom. The molecular formula is C12H15NO. The number of fused-ring (bicyclic) bond motifs is 1. The van der Waals surface area contributed by atoms with E-state index in [1.807, 2.05) is 23.1 Å². The van der Waals surface area contributed by atoms with Crippen LogP contribution in [0.4, 0.5) is 0 Å². The van der Waals surface area contributed by atoms with E-state index in [0.717, 1.165) is 6.54 Å². The fourth-order valence-corrected chi connectivity index (χ4v) is 1.89. The monoisotopic (exact) mass is 189 g/mol. The highest BCUT2D eigenvalue weighted by atomic mass is 16.2. The molecule has 0 saturated heterocycles. The Balaban J connectivity index is 2.31. The van der Waals surface area contributed by atoms with Crippen LogP contribution in [0.3, 0.4) is 0 Å². The van der Waals surface area contributed by atoms with Gasteiger partial charge in [0.15, 0.2) is 0 Å². The van der Waals surface area contributed by atoms with Gasteiger partial charge in [0.2, 0.25) is 5.91 Å². The highest BCUT2D eigenvalue weighted by Crippen LogP contribution is 2.20. The fraction of sp³-hybridized carbons (Fsp3) is 0.417. The van der Waals surface area contributed by atoms with E-state index in [1.54, 1.807) is 0 Å². The van der Waals surface area contributed by atoms with Crippen molar-refractivity contribution in [2.75, 3.05) is 0 Å². The van der Waals surface area contributed by atoms with Crippen molar-refractivity contribution in [2.24, 2.45) is 0 Å². The normalized spacial score (nSPS) is 15.9. The van der Waals surface area contributed by atoms with Crippen LogP contribution in [0.15, 0.2) is 24.3 Å². The number of benzene rings is 1. The molecule has 0 fully saturated rings. The summed E-state index contributed by atoms with van der Waals surface area (Å²) in [5.41, 5.74) is 2.48. The Labute approximate surface area is 84.5 Å². The van der Waals surface area contributed by atoms with Crippen molar-refractivity contribution in [3.8, 4) is 0 Å². The molecule has 14 heavy (non-hydrogen) atoms. The molecule has 1 heterocycles. The predicted molar refractivity (Wildman–Crippen MR) is 55.8 cm³/mol. The number of amides is 1. The molecule has 0 bridgehead atoms. The molecule has 2 nitrogen and oxygen atoms in total. The molecule has 1 aromatic rings. The van der Waals surface area contributed by atoms with Crippen LogP contribution in [-0.2, 0) is 17.8 Å². The summed E-state index contributed by atoms with van der Waals surface area (Å²) in [4.78, 5) is 13.7. The van der Waals surface area contributed by atoms with Crippen molar-refractivity contribution < 1.29 is 4.79 Å². The molecule has 2 heteroatoms. The van der Waals surface area contributed by atoms with Gasteiger partial charge in [0.1, 0.15) is 0 Å². The predicted octanol–water partition coefficient (Wildman–Crippen LogP) is 1.98. The van der Waals surface area contributed by atoms with Crippen molar-refractivity contribution in [3.63, 3.8) is 0 Å². The number of hydrogen-bond donors (Lipinski definition) is 0. The van der Waals surface area contributed by atoms with E-state index in [-0.39, 0.29) is 5.91 Å². The van der Waals surface area contributed by atoms with Gasteiger partial charge in [-0.25, -0.2) is 0 Å². The fourth-order valence-electron chi connectivity index (χ4n) is 1.89. The van der Waals surface area contributed by atoms with Crippen molar-refractivity contribution in [2.45, 2.75) is 32.9 Å². The Morgan fingerprint density at radius 1 is 1.21 bits per heavy atom. The van der Waals surface area contributed by atoms with Crippen LogP contribution in [-0.4, -0.2) is 16.8 Å². The van der Waals surface area contributed by atoms with Crippen LogP contribution < -0.4 is 0 Å². The molecule has 0 radical (unpaired) electrons. The minimum Gasteiger partial charge on any atom is -0.336 e. The molecule has 0 spiro atoms. The number of carbonyl (C=O) groups excluding carboxylic acids is 1. The average Bonchev–Trinajstić information content (AvgIpc) is 2.16. The summed E-state index contributed by atoms with van der Waals surface area (Å²) >= 11 is 0. The van der Waals surface area contributed by atoms with Crippen molar-refractivity contribution in [3.05, 3.63) is 35.4 Å². The van der Waals surface area contributed by atoms with Gasteiger partial charge in [0, 0.05) is 12.6 Å². The SMILES string of the molecule is CC(C)N1Cc2ccccc2CC1=O. The number of rotatable bonds is 1. The highest BCUT2D eigenvalue weighted by Gasteiger charge is 2.23. The van der Waals surface area contributed by atoms with Gasteiger partial charge in [0.05, 0.1) is 6.42 Å². The maximum atomic E-state index is 11.7. The topological polar surface area (TPSA) is 20.3 Å². The van der Waals surface area contributed by atoms with Gasteiger partial charge in [-0.3, -0.25) is 4.79 Å². The lowest BCUT2D eigenvalue weighted by atomic mass is 9.98. The first-order valence-electron chi connectivity index (χ1n) is 5.04. The second kappa shape index (κ2) is 3.45. The number of hydrogen-bond acceptors (Lipinski definition) is 1. The molecule has 0 aliphatic carbocycles. The molecule has 0 saturated carbocycles. The summed E-state index contributed by atoms with van der Waals surface area (Å²) in [5, 5.41) is 0. The Kier molecular flexibility index (Phi) is 2.28. The van der Waals surface area contributed by atoms with Crippen molar-refractivity contribution in [1.29, 1.82) is 0 Å². The van der Waals surface area contributed by atoms with Crippen molar-refractivity contribution >= 4 is 5.91 Å². The van der Waals surface area contributed by atoms with Gasteiger partial charge in [-0.1, -0.05) is 24.3 Å². The number of carbonyl (C=O) groups is 1. The molecule has 0 atom stereocenters. The first-order valence-corrected chi connectivity index (χ1v) is 5.04. The summed E-state index contributed by atoms with van der Waals surface area (Å²) in [6, 6.07) is 8.49. The lowest BCUT2D eigenvalue weighted by Crippen LogP contribution is -2.40. The molecule has 1 aliphatic heterocycles. The van der Waals surface area contributed by atoms with E-state index in [0.29, 0.717) is 12.5 Å². The van der Waals surface area contributed by atoms with E-state index in [4.69, 9.17) is 0 Å². The number of nitrogens with zero attached hydrogens (tertiary/aromatic N) is 1. The molecule has 1 amide bonds. The first-order chi connectivity index (χ1) is 6.68. The lowest BCUT2D eigenvalue weighted by molar-refractivity contribution is -0.133. The molecule has 1 aliphatic rings. The standard InChI is InChI=1S/C12H15NO/c1-9(2)13-8-11-6-4-3-5-10(11)7-12(13)14/h3-6,9H,7-8H2,1-2H3. The average molecular weight is 189 g/mol. The molecule has 1 aromatic carbocycles. The smallest absolute Gasteiger partial charge is 0.227 e. The quantitative estimate of drug-likeness (QED) is 0.661. The third-order valence-electron chi connectivity index (χ3n) is 2.74. The minimum atomic E-state index is 0.249. The van der Waals surface area contributed by atoms with Crippen LogP contribution in [0.25, 0.3) is 0 Å². The van der Waals surface area contributed by atoms with Crippen LogP contribution in [0.1, 0.15) is 25.0 Å². The van der Waals surface area contributed by atoms with Crippen LogP contribution in [0.2, 0.25) is 0 Å². The third-order valence-corrected chi connectivity index (χ3v) is 2.74. The summed E-state index contributed by atoms with van der Waals surface area (Å²) in [6.45, 7) is 4.89. The van der Waals surface area contributed by atoms with Gasteiger partial charge in [0.25, 0.3) is 0 Å². The van der Waals surface area contributed by atoms with E-state index in [2.05, 4.69) is 19.9 Å². The molecule has 2 rings (SSSR count). The van der Waals surface area contributed by atoms with Gasteiger partial charge >= 0.3 is 0 Å². The summed E-state index contributed by atoms with van der Waals surface area (Å²) in [6.07, 6.45) is 0.564. The molecule has 0 aromatic heterocycles. The van der Waals surface area contributed by atoms with Gasteiger partial charge < -0.3 is 4.90 Å². The Hall–Kier alpha value is -1.31. The molecule has 74 valence electrons. The summed E-state index contributed by atoms with van der Waals surface area (Å²) < 4.78 is 0. The highest BCUT2D eigenvalue weighted by molar-refractivity contribution is 5.81. The Bertz CT molecular complexity index is 357. The van der Waals surface area contributed by atoms with Gasteiger partial charge in [-0.2, -0.15) is 0 Å². The van der Waals surface area contributed by atoms with Gasteiger partial charge in [-0.05, 0) is 25.0 Å². The zero-order chi connectivity index (χ0) is 10.1. The molecular weight excluding hydrogens is 174 g/mol. The zero-order valence-corrected chi connectivity index (χ0v) is 8.66. The maximum absolute atomic E-state index is 11.7. The Morgan fingerprint density at radius 3 is 2.50 bits per heavy atom. The van der Waals surface area contributed by atoms with Crippen LogP contribution in [0.5, 0.6) is 0 Å². The summed E-state index contributed by atoms with van der Waals surface area (Å²) in [5.74, 6) is 0.249. The first kappa shape index (κ1) is 9.25. The summed E-state index contributed by atoms with van der Waals surface area (Å²) in [7, 11) is 0.